The molecule has 2 aromatic rings. The van der Waals surface area contributed by atoms with Crippen LogP contribution in [-0.2, 0) is 4.74 Å². The van der Waals surface area contributed by atoms with Gasteiger partial charge in [-0.1, -0.05) is 12.2 Å². The van der Waals surface area contributed by atoms with Crippen molar-refractivity contribution in [3.05, 3.63) is 39.8 Å². The second-order valence-electron chi connectivity index (χ2n) is 7.93. The molecule has 1 saturated heterocycles. The Morgan fingerprint density at radius 3 is 2.93 bits per heavy atom. The highest BCUT2D eigenvalue weighted by atomic mass is 16.5. The quantitative estimate of drug-likeness (QED) is 0.821. The maximum absolute atomic E-state index is 13.1. The van der Waals surface area contributed by atoms with E-state index < -0.39 is 5.97 Å². The zero-order valence-corrected chi connectivity index (χ0v) is 15.9. The first-order valence-corrected chi connectivity index (χ1v) is 10.0. The highest BCUT2D eigenvalue weighted by Gasteiger charge is 2.34. The molecule has 0 spiro atoms. The van der Waals surface area contributed by atoms with Crippen molar-refractivity contribution in [2.24, 2.45) is 5.73 Å². The van der Waals surface area contributed by atoms with E-state index in [0.717, 1.165) is 49.0 Å². The Hall–Kier alpha value is -2.67. The number of carbonyl (C=O) groups excluding carboxylic acids is 1. The van der Waals surface area contributed by atoms with Gasteiger partial charge in [0.25, 0.3) is 0 Å². The van der Waals surface area contributed by atoms with Crippen molar-refractivity contribution in [3.63, 3.8) is 0 Å². The van der Waals surface area contributed by atoms with E-state index in [-0.39, 0.29) is 29.7 Å². The Kier molecular flexibility index (Phi) is 4.01. The summed E-state index contributed by atoms with van der Waals surface area (Å²) in [5.41, 5.74) is 9.10. The van der Waals surface area contributed by atoms with Gasteiger partial charge in [-0.2, -0.15) is 0 Å². The number of esters is 1. The SMILES string of the molecule is CCOC(=O)c1cn(C2CC2)c2c3c(cnc2c1=O)N1CC(N)CC1CC=C3. The lowest BCUT2D eigenvalue weighted by molar-refractivity contribution is 0.0524. The predicted octanol–water partition coefficient (Wildman–Crippen LogP) is 2.23. The van der Waals surface area contributed by atoms with Crippen molar-refractivity contribution in [1.82, 2.24) is 9.55 Å². The van der Waals surface area contributed by atoms with Crippen LogP contribution in [-0.4, -0.2) is 40.8 Å². The number of anilines is 1. The largest absolute Gasteiger partial charge is 0.462 e. The minimum absolute atomic E-state index is 0.0624. The van der Waals surface area contributed by atoms with Crippen LogP contribution in [0.2, 0.25) is 0 Å². The van der Waals surface area contributed by atoms with Gasteiger partial charge in [0.05, 0.1) is 24.0 Å². The first kappa shape index (κ1) is 17.4. The highest BCUT2D eigenvalue weighted by molar-refractivity contribution is 5.97. The van der Waals surface area contributed by atoms with Crippen LogP contribution >= 0.6 is 0 Å². The molecule has 2 aliphatic heterocycles. The third kappa shape index (κ3) is 2.64. The van der Waals surface area contributed by atoms with E-state index in [4.69, 9.17) is 10.5 Å². The van der Waals surface area contributed by atoms with Crippen molar-refractivity contribution in [3.8, 4) is 0 Å². The maximum Gasteiger partial charge on any atom is 0.343 e. The van der Waals surface area contributed by atoms with Crippen molar-refractivity contribution < 1.29 is 9.53 Å². The fraction of sp³-hybridized carbons (Fsp3) is 0.476. The smallest absolute Gasteiger partial charge is 0.343 e. The number of rotatable bonds is 3. The minimum atomic E-state index is -0.582. The molecular formula is C21H24N4O3. The van der Waals surface area contributed by atoms with Gasteiger partial charge >= 0.3 is 5.97 Å². The molecule has 4 heterocycles. The number of pyridine rings is 2. The van der Waals surface area contributed by atoms with Gasteiger partial charge < -0.3 is 19.9 Å². The normalized spacial score (nSPS) is 23.4. The Bertz CT molecular complexity index is 1050. The number of hydrogen-bond donors (Lipinski definition) is 1. The van der Waals surface area contributed by atoms with Gasteiger partial charge in [-0.05, 0) is 32.6 Å². The highest BCUT2D eigenvalue weighted by Crippen LogP contribution is 2.41. The summed E-state index contributed by atoms with van der Waals surface area (Å²) < 4.78 is 7.16. The molecular weight excluding hydrogens is 356 g/mol. The number of carbonyl (C=O) groups is 1. The van der Waals surface area contributed by atoms with E-state index in [0.29, 0.717) is 11.6 Å². The molecule has 7 heteroatoms. The molecule has 146 valence electrons. The van der Waals surface area contributed by atoms with Gasteiger partial charge in [-0.15, -0.1) is 0 Å². The van der Waals surface area contributed by atoms with Crippen LogP contribution in [0.25, 0.3) is 17.1 Å². The minimum Gasteiger partial charge on any atom is -0.462 e. The summed E-state index contributed by atoms with van der Waals surface area (Å²) in [6.07, 6.45) is 11.7. The van der Waals surface area contributed by atoms with Crippen molar-refractivity contribution in [1.29, 1.82) is 0 Å². The lowest BCUT2D eigenvalue weighted by Gasteiger charge is -2.26. The molecule has 28 heavy (non-hydrogen) atoms. The predicted molar refractivity (Wildman–Crippen MR) is 108 cm³/mol. The Balaban J connectivity index is 1.77. The number of hydrogen-bond acceptors (Lipinski definition) is 6. The van der Waals surface area contributed by atoms with Crippen molar-refractivity contribution in [2.75, 3.05) is 18.1 Å². The van der Waals surface area contributed by atoms with E-state index in [9.17, 15) is 9.59 Å². The molecule has 0 bridgehead atoms. The van der Waals surface area contributed by atoms with Gasteiger partial charge in [-0.3, -0.25) is 4.79 Å². The molecule has 2 N–H and O–H groups in total. The molecule has 0 radical (unpaired) electrons. The number of nitrogens with two attached hydrogens (primary N) is 1. The molecule has 2 unspecified atom stereocenters. The summed E-state index contributed by atoms with van der Waals surface area (Å²) in [5, 5.41) is 0. The van der Waals surface area contributed by atoms with E-state index in [2.05, 4.69) is 26.6 Å². The van der Waals surface area contributed by atoms with Gasteiger partial charge in [-0.25, -0.2) is 9.78 Å². The number of nitrogens with zero attached hydrogens (tertiary/aromatic N) is 3. The second kappa shape index (κ2) is 6.44. The van der Waals surface area contributed by atoms with Gasteiger partial charge in [0, 0.05) is 36.4 Å². The Morgan fingerprint density at radius 1 is 1.36 bits per heavy atom. The Morgan fingerprint density at radius 2 is 2.18 bits per heavy atom. The fourth-order valence-electron chi connectivity index (χ4n) is 4.53. The molecule has 2 aromatic heterocycles. The first-order valence-electron chi connectivity index (χ1n) is 10.0. The molecule has 5 rings (SSSR count). The molecule has 0 amide bonds. The van der Waals surface area contributed by atoms with Crippen LogP contribution in [0.4, 0.5) is 5.69 Å². The second-order valence-corrected chi connectivity index (χ2v) is 7.93. The Labute approximate surface area is 162 Å². The van der Waals surface area contributed by atoms with E-state index in [1.54, 1.807) is 19.3 Å². The standard InChI is InChI=1S/C21H24N4O3/c1-2-28-21(27)16-11-25(13-6-7-13)19-15-5-3-4-14-8-12(22)10-24(14)17(15)9-23-18(19)20(16)26/h3,5,9,11-14H,2,4,6-8,10,22H2,1H3. The van der Waals surface area contributed by atoms with Crippen LogP contribution in [0.1, 0.15) is 54.6 Å². The molecule has 1 aliphatic carbocycles. The van der Waals surface area contributed by atoms with Crippen molar-refractivity contribution >= 4 is 28.8 Å². The molecule has 3 aliphatic rings. The van der Waals surface area contributed by atoms with Crippen LogP contribution < -0.4 is 16.1 Å². The average molecular weight is 380 g/mol. The number of aromatic nitrogens is 2. The molecule has 1 saturated carbocycles. The summed E-state index contributed by atoms with van der Waals surface area (Å²) >= 11 is 0. The zero-order valence-electron chi connectivity index (χ0n) is 15.9. The lowest BCUT2D eigenvalue weighted by Crippen LogP contribution is -2.31. The van der Waals surface area contributed by atoms with Crippen molar-refractivity contribution in [2.45, 2.75) is 50.7 Å². The average Bonchev–Trinajstić information content (AvgIpc) is 3.47. The number of fused-ring (bicyclic) bond motifs is 5. The molecule has 2 atom stereocenters. The topological polar surface area (TPSA) is 90.5 Å². The van der Waals surface area contributed by atoms with Crippen LogP contribution in [0.5, 0.6) is 0 Å². The maximum atomic E-state index is 13.1. The first-order chi connectivity index (χ1) is 13.6. The van der Waals surface area contributed by atoms with Crippen LogP contribution in [0, 0.1) is 0 Å². The third-order valence-electron chi connectivity index (χ3n) is 5.94. The monoisotopic (exact) mass is 380 g/mol. The van der Waals surface area contributed by atoms with E-state index in [1.165, 1.54) is 0 Å². The summed E-state index contributed by atoms with van der Waals surface area (Å²) in [4.78, 5) is 32.3. The van der Waals surface area contributed by atoms with E-state index in [1.807, 2.05) is 0 Å². The summed E-state index contributed by atoms with van der Waals surface area (Å²) in [5.74, 6) is -0.582. The van der Waals surface area contributed by atoms with Gasteiger partial charge in [0.1, 0.15) is 11.1 Å². The van der Waals surface area contributed by atoms with Gasteiger partial charge in [0.15, 0.2) is 0 Å². The van der Waals surface area contributed by atoms with Gasteiger partial charge in [0.2, 0.25) is 5.43 Å². The summed E-state index contributed by atoms with van der Waals surface area (Å²) in [6.45, 7) is 2.76. The van der Waals surface area contributed by atoms with Crippen LogP contribution in [0.15, 0.2) is 23.3 Å². The molecule has 2 fully saturated rings. The fourth-order valence-corrected chi connectivity index (χ4v) is 4.53. The lowest BCUT2D eigenvalue weighted by atomic mass is 10.1. The summed E-state index contributed by atoms with van der Waals surface area (Å²) in [7, 11) is 0. The third-order valence-corrected chi connectivity index (χ3v) is 5.94. The molecule has 0 aromatic carbocycles. The van der Waals surface area contributed by atoms with Crippen LogP contribution in [0.3, 0.4) is 0 Å². The zero-order chi connectivity index (χ0) is 19.4. The number of ether oxygens (including phenoxy) is 1. The molecule has 7 nitrogen and oxygen atoms in total. The van der Waals surface area contributed by atoms with E-state index >= 15 is 0 Å². The summed E-state index contributed by atoms with van der Waals surface area (Å²) in [6, 6.07) is 0.807.